The Bertz CT molecular complexity index is 745. The van der Waals surface area contributed by atoms with E-state index in [0.29, 0.717) is 12.0 Å². The van der Waals surface area contributed by atoms with Crippen LogP contribution >= 0.6 is 0 Å². The predicted molar refractivity (Wildman–Crippen MR) is 110 cm³/mol. The molecular weight excluding hydrogens is 332 g/mol. The topological polar surface area (TPSA) is 32.3 Å². The summed E-state index contributed by atoms with van der Waals surface area (Å²) in [7, 11) is 2.17. The van der Waals surface area contributed by atoms with Crippen LogP contribution in [0.1, 0.15) is 67.2 Å². The number of fused-ring (bicyclic) bond motifs is 1. The van der Waals surface area contributed by atoms with Gasteiger partial charge in [-0.15, -0.1) is 0 Å². The standard InChI is InChI=1S/C23H32N4/c1-18(19-8-4-3-5-9-19)11-15-27-13-7-6-10-22(27)23-24-16-20-17-26(2)14-12-21(20)25-23/h3-5,8-9,16,18,22H,6-7,10-15,17H2,1-2H3/t18-,22-/m1/s1. The van der Waals surface area contributed by atoms with E-state index in [-0.39, 0.29) is 0 Å². The summed E-state index contributed by atoms with van der Waals surface area (Å²) < 4.78 is 0. The summed E-state index contributed by atoms with van der Waals surface area (Å²) in [5.74, 6) is 1.65. The number of hydrogen-bond acceptors (Lipinski definition) is 4. The molecule has 0 unspecified atom stereocenters. The molecule has 0 bridgehead atoms. The van der Waals surface area contributed by atoms with E-state index in [4.69, 9.17) is 9.97 Å². The van der Waals surface area contributed by atoms with Crippen molar-refractivity contribution in [1.29, 1.82) is 0 Å². The van der Waals surface area contributed by atoms with Crippen molar-refractivity contribution in [3.8, 4) is 0 Å². The molecule has 144 valence electrons. The Morgan fingerprint density at radius 3 is 2.85 bits per heavy atom. The summed E-state index contributed by atoms with van der Waals surface area (Å²) in [6.45, 7) is 6.74. The summed E-state index contributed by atoms with van der Waals surface area (Å²) in [6.07, 6.45) is 8.12. The van der Waals surface area contributed by atoms with Crippen molar-refractivity contribution in [2.24, 2.45) is 0 Å². The highest BCUT2D eigenvalue weighted by Crippen LogP contribution is 2.31. The lowest BCUT2D eigenvalue weighted by atomic mass is 9.95. The van der Waals surface area contributed by atoms with Crippen LogP contribution in [-0.2, 0) is 13.0 Å². The predicted octanol–water partition coefficient (Wildman–Crippen LogP) is 4.19. The Labute approximate surface area is 163 Å². The molecule has 3 heterocycles. The third-order valence-corrected chi connectivity index (χ3v) is 6.27. The van der Waals surface area contributed by atoms with Gasteiger partial charge in [-0.3, -0.25) is 4.90 Å². The molecule has 2 aromatic rings. The Morgan fingerprint density at radius 1 is 1.15 bits per heavy atom. The summed E-state index contributed by atoms with van der Waals surface area (Å²) >= 11 is 0. The Balaban J connectivity index is 1.45. The molecule has 4 nitrogen and oxygen atoms in total. The minimum atomic E-state index is 0.395. The van der Waals surface area contributed by atoms with Gasteiger partial charge in [0.2, 0.25) is 0 Å². The van der Waals surface area contributed by atoms with Gasteiger partial charge >= 0.3 is 0 Å². The molecule has 2 aliphatic heterocycles. The first-order valence-electron chi connectivity index (χ1n) is 10.5. The van der Waals surface area contributed by atoms with Gasteiger partial charge in [0.1, 0.15) is 5.82 Å². The van der Waals surface area contributed by atoms with Gasteiger partial charge in [-0.25, -0.2) is 9.97 Å². The molecule has 27 heavy (non-hydrogen) atoms. The lowest BCUT2D eigenvalue weighted by Crippen LogP contribution is -2.36. The van der Waals surface area contributed by atoms with E-state index >= 15 is 0 Å². The zero-order valence-corrected chi connectivity index (χ0v) is 16.8. The Morgan fingerprint density at radius 2 is 2.00 bits per heavy atom. The minimum absolute atomic E-state index is 0.395. The molecule has 1 saturated heterocycles. The van der Waals surface area contributed by atoms with Gasteiger partial charge in [-0.05, 0) is 50.9 Å². The zero-order chi connectivity index (χ0) is 18.6. The number of nitrogens with zero attached hydrogens (tertiary/aromatic N) is 4. The van der Waals surface area contributed by atoms with Gasteiger partial charge in [0, 0.05) is 37.0 Å². The molecule has 0 spiro atoms. The van der Waals surface area contributed by atoms with E-state index in [1.165, 1.54) is 49.0 Å². The van der Waals surface area contributed by atoms with Crippen molar-refractivity contribution in [3.05, 3.63) is 59.2 Å². The van der Waals surface area contributed by atoms with Crippen molar-refractivity contribution < 1.29 is 0 Å². The number of likely N-dealkylation sites (tertiary alicyclic amines) is 1. The fraction of sp³-hybridized carbons (Fsp3) is 0.565. The summed E-state index contributed by atoms with van der Waals surface area (Å²) in [6, 6.07) is 11.3. The van der Waals surface area contributed by atoms with Crippen molar-refractivity contribution in [2.75, 3.05) is 26.7 Å². The fourth-order valence-corrected chi connectivity index (χ4v) is 4.49. The quantitative estimate of drug-likeness (QED) is 0.796. The number of piperidine rings is 1. The highest BCUT2D eigenvalue weighted by molar-refractivity contribution is 5.22. The number of hydrogen-bond donors (Lipinski definition) is 0. The van der Waals surface area contributed by atoms with Gasteiger partial charge < -0.3 is 4.90 Å². The highest BCUT2D eigenvalue weighted by Gasteiger charge is 2.27. The molecule has 1 aromatic heterocycles. The molecular formula is C23H32N4. The SMILES string of the molecule is C[C@H](CCN1CCCC[C@@H]1c1ncc2c(n1)CCN(C)C2)c1ccccc1. The molecule has 0 amide bonds. The van der Waals surface area contributed by atoms with E-state index in [2.05, 4.69) is 60.3 Å². The second kappa shape index (κ2) is 8.49. The zero-order valence-electron chi connectivity index (χ0n) is 16.8. The first-order valence-corrected chi connectivity index (χ1v) is 10.5. The molecule has 1 fully saturated rings. The monoisotopic (exact) mass is 364 g/mol. The van der Waals surface area contributed by atoms with E-state index < -0.39 is 0 Å². The third-order valence-electron chi connectivity index (χ3n) is 6.27. The first kappa shape index (κ1) is 18.6. The fourth-order valence-electron chi connectivity index (χ4n) is 4.49. The summed E-state index contributed by atoms with van der Waals surface area (Å²) in [5, 5.41) is 0. The Kier molecular flexibility index (Phi) is 5.84. The van der Waals surface area contributed by atoms with Crippen LogP contribution in [0.4, 0.5) is 0 Å². The van der Waals surface area contributed by atoms with Crippen LogP contribution in [0.3, 0.4) is 0 Å². The van der Waals surface area contributed by atoms with Crippen molar-refractivity contribution in [1.82, 2.24) is 19.8 Å². The van der Waals surface area contributed by atoms with Crippen molar-refractivity contribution >= 4 is 0 Å². The number of likely N-dealkylation sites (N-methyl/N-ethyl adjacent to an activating group) is 1. The number of benzene rings is 1. The van der Waals surface area contributed by atoms with Gasteiger partial charge in [0.15, 0.2) is 0 Å². The van der Waals surface area contributed by atoms with Crippen molar-refractivity contribution in [3.63, 3.8) is 0 Å². The van der Waals surface area contributed by atoms with Crippen LogP contribution in [0, 0.1) is 0 Å². The van der Waals surface area contributed by atoms with E-state index in [1.54, 1.807) is 0 Å². The molecule has 2 aliphatic rings. The normalized spacial score (nSPS) is 22.4. The number of aromatic nitrogens is 2. The maximum Gasteiger partial charge on any atom is 0.145 e. The summed E-state index contributed by atoms with van der Waals surface area (Å²) in [4.78, 5) is 14.8. The molecule has 4 heteroatoms. The average molecular weight is 365 g/mol. The third kappa shape index (κ3) is 4.39. The maximum absolute atomic E-state index is 5.03. The minimum Gasteiger partial charge on any atom is -0.302 e. The average Bonchev–Trinajstić information content (AvgIpc) is 2.72. The second-order valence-corrected chi connectivity index (χ2v) is 8.34. The van der Waals surface area contributed by atoms with Crippen LogP contribution in [-0.4, -0.2) is 46.4 Å². The maximum atomic E-state index is 5.03. The molecule has 0 saturated carbocycles. The highest BCUT2D eigenvalue weighted by atomic mass is 15.2. The van der Waals surface area contributed by atoms with Gasteiger partial charge in [0.25, 0.3) is 0 Å². The Hall–Kier alpha value is -1.78. The van der Waals surface area contributed by atoms with Gasteiger partial charge in [-0.2, -0.15) is 0 Å². The first-order chi connectivity index (χ1) is 13.2. The molecule has 0 N–H and O–H groups in total. The van der Waals surface area contributed by atoms with E-state index in [9.17, 15) is 0 Å². The van der Waals surface area contributed by atoms with Crippen LogP contribution in [0.25, 0.3) is 0 Å². The van der Waals surface area contributed by atoms with Gasteiger partial charge in [-0.1, -0.05) is 43.7 Å². The lowest BCUT2D eigenvalue weighted by molar-refractivity contribution is 0.137. The van der Waals surface area contributed by atoms with Crippen LogP contribution < -0.4 is 0 Å². The van der Waals surface area contributed by atoms with Crippen LogP contribution in [0.2, 0.25) is 0 Å². The van der Waals surface area contributed by atoms with Crippen LogP contribution in [0.15, 0.2) is 36.5 Å². The molecule has 0 aliphatic carbocycles. The molecule has 1 aromatic carbocycles. The van der Waals surface area contributed by atoms with Gasteiger partial charge in [0.05, 0.1) is 6.04 Å². The molecule has 2 atom stereocenters. The van der Waals surface area contributed by atoms with Crippen LogP contribution in [0.5, 0.6) is 0 Å². The number of rotatable bonds is 5. The summed E-state index contributed by atoms with van der Waals surface area (Å²) in [5.41, 5.74) is 4.04. The van der Waals surface area contributed by atoms with E-state index in [1.807, 2.05) is 0 Å². The largest absolute Gasteiger partial charge is 0.302 e. The second-order valence-electron chi connectivity index (χ2n) is 8.34. The van der Waals surface area contributed by atoms with Crippen molar-refractivity contribution in [2.45, 2.75) is 57.5 Å². The lowest BCUT2D eigenvalue weighted by Gasteiger charge is -2.36. The molecule has 4 rings (SSSR count). The smallest absolute Gasteiger partial charge is 0.145 e. The molecule has 0 radical (unpaired) electrons. The van der Waals surface area contributed by atoms with E-state index in [0.717, 1.165) is 31.9 Å².